The molecule has 0 aliphatic heterocycles. The van der Waals surface area contributed by atoms with Crippen molar-refractivity contribution in [1.82, 2.24) is 5.32 Å². The third-order valence-corrected chi connectivity index (χ3v) is 22.5. The first-order chi connectivity index (χ1) is 8.95. The summed E-state index contributed by atoms with van der Waals surface area (Å²) in [5.41, 5.74) is 4.29. The van der Waals surface area contributed by atoms with Gasteiger partial charge in [-0.1, -0.05) is 51.4 Å². The van der Waals surface area contributed by atoms with Gasteiger partial charge in [-0.2, -0.15) is 0 Å². The molecule has 0 heterocycles. The summed E-state index contributed by atoms with van der Waals surface area (Å²) >= 11 is 0. The van der Waals surface area contributed by atoms with Crippen molar-refractivity contribution in [2.75, 3.05) is 6.54 Å². The normalized spacial score (nSPS) is 15.1. The molecule has 1 N–H and O–H groups in total. The van der Waals surface area contributed by atoms with Crippen molar-refractivity contribution in [2.24, 2.45) is 0 Å². The topological polar surface area (TPSA) is 12.0 Å². The van der Waals surface area contributed by atoms with Crippen LogP contribution < -0.4 is 5.32 Å². The van der Waals surface area contributed by atoms with Crippen molar-refractivity contribution in [2.45, 2.75) is 85.1 Å². The fraction of sp³-hybridized carbons (Fsp3) is 0.875. The number of nitrogens with one attached hydrogen (secondary N) is 1. The molecule has 0 rings (SSSR count). The van der Waals surface area contributed by atoms with Gasteiger partial charge in [0.1, 0.15) is 0 Å². The van der Waals surface area contributed by atoms with E-state index in [0.29, 0.717) is 6.04 Å². The molecule has 0 aliphatic rings. The molecule has 2 unspecified atom stereocenters. The van der Waals surface area contributed by atoms with Crippen LogP contribution in [0.15, 0.2) is 11.3 Å². The van der Waals surface area contributed by atoms with Crippen molar-refractivity contribution in [1.29, 1.82) is 0 Å². The maximum atomic E-state index is 3.71. The number of hydrogen-bond donors (Lipinski definition) is 1. The summed E-state index contributed by atoms with van der Waals surface area (Å²) in [6.45, 7) is 17.8. The molecule has 0 fully saturated rings. The lowest BCUT2D eigenvalue weighted by Crippen LogP contribution is -2.50. The van der Waals surface area contributed by atoms with Gasteiger partial charge in [-0.05, 0) is 39.8 Å². The van der Waals surface area contributed by atoms with E-state index >= 15 is 0 Å². The minimum Gasteiger partial charge on any atom is -0.315 e. The van der Waals surface area contributed by atoms with Gasteiger partial charge < -0.3 is 5.32 Å². The van der Waals surface area contributed by atoms with Crippen molar-refractivity contribution >= 4 is 15.9 Å². The Morgan fingerprint density at radius 2 is 1.63 bits per heavy atom. The molecule has 1 nitrogen and oxygen atoms in total. The van der Waals surface area contributed by atoms with E-state index in [-0.39, 0.29) is 0 Å². The summed E-state index contributed by atoms with van der Waals surface area (Å²) in [5.74, 6) is 0. The zero-order valence-corrected chi connectivity index (χ0v) is 16.6. The second kappa shape index (κ2) is 9.95. The van der Waals surface area contributed by atoms with Crippen molar-refractivity contribution in [3.05, 3.63) is 11.3 Å². The molecule has 19 heavy (non-hydrogen) atoms. The second-order valence-corrected chi connectivity index (χ2v) is 19.2. The predicted octanol–water partition coefficient (Wildman–Crippen LogP) is 4.69. The molecule has 0 aromatic rings. The maximum Gasteiger partial charge on any atom is 0.0572 e. The Hall–Kier alpha value is 0.134. The van der Waals surface area contributed by atoms with E-state index in [9.17, 15) is 0 Å². The fourth-order valence-corrected chi connectivity index (χ4v) is 17.7. The van der Waals surface area contributed by atoms with Gasteiger partial charge in [0.05, 0.1) is 8.31 Å². The van der Waals surface area contributed by atoms with Crippen molar-refractivity contribution in [3.63, 3.8) is 0 Å². The van der Waals surface area contributed by atoms with E-state index < -0.39 is 15.9 Å². The highest BCUT2D eigenvalue weighted by Crippen LogP contribution is 2.26. The van der Waals surface area contributed by atoms with Gasteiger partial charge >= 0.3 is 0 Å². The summed E-state index contributed by atoms with van der Waals surface area (Å²) in [6, 6.07) is 6.62. The third-order valence-electron chi connectivity index (χ3n) is 4.99. The predicted molar refractivity (Wildman–Crippen MR) is 96.3 cm³/mol. The van der Waals surface area contributed by atoms with Gasteiger partial charge in [-0.3, -0.25) is 0 Å². The number of hydrogen-bond acceptors (Lipinski definition) is 1. The van der Waals surface area contributed by atoms with Crippen LogP contribution in [-0.4, -0.2) is 28.5 Å². The quantitative estimate of drug-likeness (QED) is 0.577. The van der Waals surface area contributed by atoms with E-state index in [4.69, 9.17) is 0 Å². The van der Waals surface area contributed by atoms with Crippen LogP contribution in [0.25, 0.3) is 0 Å². The number of rotatable bonds is 10. The first-order valence-electron chi connectivity index (χ1n) is 8.34. The molecule has 0 radical (unpaired) electrons. The maximum absolute atomic E-state index is 3.71. The molecule has 0 aromatic carbocycles. The second-order valence-electron chi connectivity index (χ2n) is 6.33. The minimum atomic E-state index is -0.969. The highest BCUT2D eigenvalue weighted by Gasteiger charge is 2.35. The van der Waals surface area contributed by atoms with Crippen LogP contribution in [0, 0.1) is 0 Å². The first kappa shape index (κ1) is 19.1. The monoisotopic (exact) mass is 299 g/mol. The van der Waals surface area contributed by atoms with Gasteiger partial charge in [0.2, 0.25) is 0 Å². The summed E-state index contributed by atoms with van der Waals surface area (Å²) in [5, 5.41) is 3.71. The van der Waals surface area contributed by atoms with Crippen LogP contribution in [0.5, 0.6) is 0 Å². The molecule has 0 spiro atoms. The molecule has 2 atom stereocenters. The van der Waals surface area contributed by atoms with Crippen LogP contribution in [-0.2, 0) is 0 Å². The Kier molecular flexibility index (Phi) is 10.0. The molecule has 0 aromatic heterocycles. The average molecular weight is 300 g/mol. The Morgan fingerprint density at radius 3 is 2.00 bits per heavy atom. The largest absolute Gasteiger partial charge is 0.315 e. The fourth-order valence-electron chi connectivity index (χ4n) is 3.13. The van der Waals surface area contributed by atoms with E-state index in [1.165, 1.54) is 37.1 Å². The van der Waals surface area contributed by atoms with Crippen LogP contribution >= 0.6 is 0 Å². The molecule has 0 saturated carbocycles. The van der Waals surface area contributed by atoms with E-state index in [0.717, 1.165) is 0 Å². The summed E-state index contributed by atoms with van der Waals surface area (Å²) < 4.78 is 0. The van der Waals surface area contributed by atoms with Crippen molar-refractivity contribution in [3.8, 4) is 0 Å². The van der Waals surface area contributed by atoms with Crippen LogP contribution in [0.3, 0.4) is 0 Å². The molecule has 114 valence electrons. The Labute approximate surface area is 124 Å². The van der Waals surface area contributed by atoms with Gasteiger partial charge in [0.25, 0.3) is 0 Å². The Balaban J connectivity index is 4.76. The lowest BCUT2D eigenvalue weighted by atomic mass is 10.3. The Morgan fingerprint density at radius 1 is 1.11 bits per heavy atom. The van der Waals surface area contributed by atoms with Gasteiger partial charge in [0.15, 0.2) is 0 Å². The zero-order valence-electron chi connectivity index (χ0n) is 14.5. The standard InChI is InChI=1S/C16H37NSi2/c1-8-16(7)17-12-13-18(14-15(5)6)19(9-2,10-3)11-4/h14,16-18H,8-13H2,1-7H3. The van der Waals surface area contributed by atoms with Crippen molar-refractivity contribution < 1.29 is 0 Å². The molecular formula is C16H37NSi2. The van der Waals surface area contributed by atoms with Gasteiger partial charge in [-0.15, -0.1) is 5.70 Å². The van der Waals surface area contributed by atoms with Crippen LogP contribution in [0.2, 0.25) is 24.2 Å². The van der Waals surface area contributed by atoms with Gasteiger partial charge in [0, 0.05) is 13.6 Å². The first-order valence-corrected chi connectivity index (χ1v) is 14.2. The molecule has 0 amide bonds. The lowest BCUT2D eigenvalue weighted by molar-refractivity contribution is 0.552. The highest BCUT2D eigenvalue weighted by molar-refractivity contribution is 7.35. The Bertz CT molecular complexity index is 247. The van der Waals surface area contributed by atoms with Gasteiger partial charge in [-0.25, -0.2) is 0 Å². The van der Waals surface area contributed by atoms with Crippen LogP contribution in [0.1, 0.15) is 54.9 Å². The molecular weight excluding hydrogens is 262 g/mol. The molecule has 3 heteroatoms. The molecule has 0 saturated heterocycles. The van der Waals surface area contributed by atoms with E-state index in [1.807, 2.05) is 0 Å². The molecule has 0 bridgehead atoms. The molecule has 0 aliphatic carbocycles. The van der Waals surface area contributed by atoms with E-state index in [2.05, 4.69) is 59.5 Å². The van der Waals surface area contributed by atoms with E-state index in [1.54, 1.807) is 5.57 Å². The summed E-state index contributed by atoms with van der Waals surface area (Å²) in [4.78, 5) is 0. The lowest BCUT2D eigenvalue weighted by Gasteiger charge is -2.35. The minimum absolute atomic E-state index is 0.683. The smallest absolute Gasteiger partial charge is 0.0572 e. The third kappa shape index (κ3) is 6.41. The van der Waals surface area contributed by atoms with Crippen LogP contribution in [0.4, 0.5) is 0 Å². The highest BCUT2D eigenvalue weighted by atomic mass is 29.2. The summed E-state index contributed by atoms with van der Waals surface area (Å²) in [6.07, 6.45) is 1.24. The average Bonchev–Trinajstić information content (AvgIpc) is 2.40. The SMILES string of the molecule is CCC(C)NCC[SiH](C=C(C)C)[Si](CC)(CC)CC. The summed E-state index contributed by atoms with van der Waals surface area (Å²) in [7, 11) is -1.67. The zero-order chi connectivity index (χ0) is 14.9. The number of allylic oxidation sites excluding steroid dienone is 1.